The number of rotatable bonds is 3. The summed E-state index contributed by atoms with van der Waals surface area (Å²) in [5, 5.41) is 0.0897. The molecule has 1 aromatic heterocycles. The fourth-order valence-electron chi connectivity index (χ4n) is 1.75. The molecule has 1 aliphatic rings. The molecule has 15 heavy (non-hydrogen) atoms. The van der Waals surface area contributed by atoms with Crippen molar-refractivity contribution >= 4 is 17.4 Å². The molecule has 1 aliphatic carbocycles. The van der Waals surface area contributed by atoms with Gasteiger partial charge in [-0.1, -0.05) is 6.42 Å². The summed E-state index contributed by atoms with van der Waals surface area (Å²) < 4.78 is 13.4. The minimum atomic E-state index is -0.416. The minimum Gasteiger partial charge on any atom is -0.357 e. The highest BCUT2D eigenvalue weighted by atomic mass is 35.5. The number of hydrogen-bond acceptors (Lipinski definition) is 3. The van der Waals surface area contributed by atoms with E-state index in [1.165, 1.54) is 19.3 Å². The van der Waals surface area contributed by atoms with E-state index in [1.54, 1.807) is 0 Å². The van der Waals surface area contributed by atoms with E-state index >= 15 is 0 Å². The van der Waals surface area contributed by atoms with Crippen LogP contribution in [0, 0.1) is 11.7 Å². The van der Waals surface area contributed by atoms with Crippen LogP contribution < -0.4 is 4.90 Å². The van der Waals surface area contributed by atoms with E-state index < -0.39 is 5.82 Å². The fraction of sp³-hybridized carbons (Fsp3) is 0.600. The zero-order chi connectivity index (χ0) is 10.8. The molecular formula is C10H13ClFN3. The molecular weight excluding hydrogens is 217 g/mol. The molecule has 1 saturated carbocycles. The minimum absolute atomic E-state index is 0.0897. The topological polar surface area (TPSA) is 29.0 Å². The quantitative estimate of drug-likeness (QED) is 0.746. The predicted octanol–water partition coefficient (Wildman–Crippen LogP) is 2.51. The smallest absolute Gasteiger partial charge is 0.224 e. The maximum atomic E-state index is 13.4. The summed E-state index contributed by atoms with van der Waals surface area (Å²) in [5.41, 5.74) is 0. The van der Waals surface area contributed by atoms with Crippen LogP contribution in [0.15, 0.2) is 6.20 Å². The summed E-state index contributed by atoms with van der Waals surface area (Å²) in [4.78, 5) is 9.29. The van der Waals surface area contributed by atoms with Crippen LogP contribution in [-0.2, 0) is 0 Å². The highest BCUT2D eigenvalue weighted by Gasteiger charge is 2.21. The lowest BCUT2D eigenvalue weighted by Crippen LogP contribution is -2.30. The van der Waals surface area contributed by atoms with Crippen molar-refractivity contribution < 1.29 is 4.39 Å². The Morgan fingerprint density at radius 1 is 1.60 bits per heavy atom. The monoisotopic (exact) mass is 229 g/mol. The molecule has 0 atom stereocenters. The molecule has 0 saturated heterocycles. The molecule has 2 rings (SSSR count). The Morgan fingerprint density at radius 2 is 2.33 bits per heavy atom. The molecule has 5 heteroatoms. The van der Waals surface area contributed by atoms with E-state index in [0.717, 1.165) is 12.7 Å². The lowest BCUT2D eigenvalue weighted by Gasteiger charge is -2.30. The molecule has 0 aliphatic heterocycles. The van der Waals surface area contributed by atoms with Crippen LogP contribution in [0.1, 0.15) is 19.3 Å². The molecule has 0 aromatic carbocycles. The van der Waals surface area contributed by atoms with Crippen LogP contribution in [0.3, 0.4) is 0 Å². The Balaban J connectivity index is 2.09. The zero-order valence-corrected chi connectivity index (χ0v) is 9.34. The molecule has 1 heterocycles. The first kappa shape index (κ1) is 10.6. The van der Waals surface area contributed by atoms with E-state index in [1.807, 2.05) is 11.9 Å². The Bertz CT molecular complexity index is 355. The van der Waals surface area contributed by atoms with Gasteiger partial charge < -0.3 is 4.90 Å². The van der Waals surface area contributed by atoms with Gasteiger partial charge in [-0.25, -0.2) is 9.37 Å². The van der Waals surface area contributed by atoms with Crippen molar-refractivity contribution in [3.63, 3.8) is 0 Å². The molecule has 1 fully saturated rings. The third kappa shape index (κ3) is 2.37. The largest absolute Gasteiger partial charge is 0.357 e. The average Bonchev–Trinajstić information content (AvgIpc) is 2.15. The van der Waals surface area contributed by atoms with Gasteiger partial charge in [-0.15, -0.1) is 0 Å². The number of nitrogens with zero attached hydrogens (tertiary/aromatic N) is 3. The van der Waals surface area contributed by atoms with Gasteiger partial charge in [0.15, 0.2) is 11.6 Å². The predicted molar refractivity (Wildman–Crippen MR) is 57.6 cm³/mol. The first-order chi connectivity index (χ1) is 7.16. The first-order valence-electron chi connectivity index (χ1n) is 5.06. The number of anilines is 1. The van der Waals surface area contributed by atoms with Gasteiger partial charge in [0, 0.05) is 13.6 Å². The maximum Gasteiger partial charge on any atom is 0.224 e. The summed E-state index contributed by atoms with van der Waals surface area (Å²) in [6.45, 7) is 0.838. The van der Waals surface area contributed by atoms with Gasteiger partial charge in [-0.3, -0.25) is 0 Å². The first-order valence-corrected chi connectivity index (χ1v) is 5.44. The van der Waals surface area contributed by atoms with Crippen LogP contribution in [0.25, 0.3) is 0 Å². The summed E-state index contributed by atoms with van der Waals surface area (Å²) in [5.74, 6) is 0.547. The maximum absolute atomic E-state index is 13.4. The second-order valence-corrected chi connectivity index (χ2v) is 4.33. The van der Waals surface area contributed by atoms with Gasteiger partial charge in [0.2, 0.25) is 5.28 Å². The SMILES string of the molecule is CN(CC1CCC1)c1nc(Cl)ncc1F. The van der Waals surface area contributed by atoms with Crippen molar-refractivity contribution in [3.05, 3.63) is 17.3 Å². The van der Waals surface area contributed by atoms with Gasteiger partial charge in [0.05, 0.1) is 6.20 Å². The Hall–Kier alpha value is -0.900. The van der Waals surface area contributed by atoms with Crippen molar-refractivity contribution in [3.8, 4) is 0 Å². The van der Waals surface area contributed by atoms with Gasteiger partial charge in [0.1, 0.15) is 0 Å². The van der Waals surface area contributed by atoms with Crippen LogP contribution in [0.4, 0.5) is 10.2 Å². The highest BCUT2D eigenvalue weighted by molar-refractivity contribution is 6.28. The Morgan fingerprint density at radius 3 is 2.93 bits per heavy atom. The molecule has 82 valence electrons. The molecule has 0 N–H and O–H groups in total. The van der Waals surface area contributed by atoms with Crippen LogP contribution in [0.2, 0.25) is 5.28 Å². The Kier molecular flexibility index (Phi) is 3.05. The van der Waals surface area contributed by atoms with Crippen LogP contribution in [-0.4, -0.2) is 23.6 Å². The third-order valence-corrected chi connectivity index (χ3v) is 3.00. The second-order valence-electron chi connectivity index (χ2n) is 3.99. The summed E-state index contributed by atoms with van der Waals surface area (Å²) >= 11 is 5.63. The van der Waals surface area contributed by atoms with E-state index in [2.05, 4.69) is 9.97 Å². The molecule has 3 nitrogen and oxygen atoms in total. The summed E-state index contributed by atoms with van der Waals surface area (Å²) in [7, 11) is 1.83. The van der Waals surface area contributed by atoms with E-state index in [9.17, 15) is 4.39 Å². The van der Waals surface area contributed by atoms with Crippen LogP contribution >= 0.6 is 11.6 Å². The average molecular weight is 230 g/mol. The lowest BCUT2D eigenvalue weighted by molar-refractivity contribution is 0.320. The zero-order valence-electron chi connectivity index (χ0n) is 8.58. The van der Waals surface area contributed by atoms with Crippen LogP contribution in [0.5, 0.6) is 0 Å². The van der Waals surface area contributed by atoms with E-state index in [0.29, 0.717) is 11.7 Å². The summed E-state index contributed by atoms with van der Waals surface area (Å²) in [6.07, 6.45) is 4.85. The molecule has 0 spiro atoms. The molecule has 0 radical (unpaired) electrons. The molecule has 1 aromatic rings. The van der Waals surface area contributed by atoms with Crippen molar-refractivity contribution in [2.75, 3.05) is 18.5 Å². The van der Waals surface area contributed by atoms with Gasteiger partial charge in [-0.05, 0) is 30.4 Å². The number of hydrogen-bond donors (Lipinski definition) is 0. The standard InChI is InChI=1S/C10H13ClFN3/c1-15(6-7-3-2-4-7)9-8(12)5-13-10(11)14-9/h5,7H,2-4,6H2,1H3. The molecule has 0 unspecified atom stereocenters. The van der Waals surface area contributed by atoms with Crippen molar-refractivity contribution in [2.24, 2.45) is 5.92 Å². The van der Waals surface area contributed by atoms with E-state index in [-0.39, 0.29) is 5.28 Å². The highest BCUT2D eigenvalue weighted by Crippen LogP contribution is 2.28. The second kappa shape index (κ2) is 4.31. The third-order valence-electron chi connectivity index (χ3n) is 2.81. The normalized spacial score (nSPS) is 16.2. The molecule has 0 bridgehead atoms. The van der Waals surface area contributed by atoms with E-state index in [4.69, 9.17) is 11.6 Å². The van der Waals surface area contributed by atoms with Gasteiger partial charge >= 0.3 is 0 Å². The van der Waals surface area contributed by atoms with Crippen molar-refractivity contribution in [1.82, 2.24) is 9.97 Å². The van der Waals surface area contributed by atoms with Gasteiger partial charge in [-0.2, -0.15) is 4.98 Å². The number of halogens is 2. The summed E-state index contributed by atoms with van der Waals surface area (Å²) in [6, 6.07) is 0. The molecule has 0 amide bonds. The lowest BCUT2D eigenvalue weighted by atomic mass is 9.85. The van der Waals surface area contributed by atoms with Crippen molar-refractivity contribution in [2.45, 2.75) is 19.3 Å². The Labute approximate surface area is 93.3 Å². The fourth-order valence-corrected chi connectivity index (χ4v) is 1.88. The van der Waals surface area contributed by atoms with Crippen molar-refractivity contribution in [1.29, 1.82) is 0 Å². The van der Waals surface area contributed by atoms with Gasteiger partial charge in [0.25, 0.3) is 0 Å². The number of aromatic nitrogens is 2.